The van der Waals surface area contributed by atoms with Gasteiger partial charge < -0.3 is 10.5 Å². The smallest absolute Gasteiger partial charge is 0.418 e. The molecule has 0 aliphatic rings. The van der Waals surface area contributed by atoms with Gasteiger partial charge in [-0.15, -0.1) is 0 Å². The summed E-state index contributed by atoms with van der Waals surface area (Å²) in [6.45, 7) is 4.03. The highest BCUT2D eigenvalue weighted by atomic mass is 19.4. The summed E-state index contributed by atoms with van der Waals surface area (Å²) in [7, 11) is 0. The SMILES string of the molecule is CC(C)c1cccc(Oc2cc(C(F)(F)F)cnc2N)c1. The summed E-state index contributed by atoms with van der Waals surface area (Å²) in [6.07, 6.45) is -3.80. The Hall–Kier alpha value is -2.24. The van der Waals surface area contributed by atoms with E-state index in [1.807, 2.05) is 19.9 Å². The molecule has 1 aromatic carbocycles. The number of nitrogens with two attached hydrogens (primary N) is 1. The van der Waals surface area contributed by atoms with Crippen molar-refractivity contribution in [3.8, 4) is 11.5 Å². The predicted molar refractivity (Wildman–Crippen MR) is 74.3 cm³/mol. The molecule has 3 nitrogen and oxygen atoms in total. The lowest BCUT2D eigenvalue weighted by Gasteiger charge is -2.13. The minimum Gasteiger partial charge on any atom is -0.453 e. The van der Waals surface area contributed by atoms with Gasteiger partial charge in [0.1, 0.15) is 5.75 Å². The molecule has 0 aliphatic heterocycles. The maximum atomic E-state index is 12.7. The number of aromatic nitrogens is 1. The molecule has 0 fully saturated rings. The van der Waals surface area contributed by atoms with Crippen molar-refractivity contribution in [2.75, 3.05) is 5.73 Å². The van der Waals surface area contributed by atoms with E-state index in [-0.39, 0.29) is 17.5 Å². The Morgan fingerprint density at radius 2 is 1.90 bits per heavy atom. The second kappa shape index (κ2) is 5.63. The Balaban J connectivity index is 2.33. The molecule has 2 rings (SSSR count). The lowest BCUT2D eigenvalue weighted by Crippen LogP contribution is -2.07. The molecule has 0 saturated carbocycles. The zero-order valence-corrected chi connectivity index (χ0v) is 11.6. The second-order valence-electron chi connectivity index (χ2n) is 4.93. The Kier molecular flexibility index (Phi) is 4.06. The van der Waals surface area contributed by atoms with Gasteiger partial charge in [-0.05, 0) is 29.7 Å². The fraction of sp³-hybridized carbons (Fsp3) is 0.267. The maximum Gasteiger partial charge on any atom is 0.418 e. The number of pyridine rings is 1. The number of ether oxygens (including phenoxy) is 1. The van der Waals surface area contributed by atoms with Crippen LogP contribution in [0.5, 0.6) is 11.5 Å². The molecule has 0 amide bonds. The maximum absolute atomic E-state index is 12.7. The molecule has 0 atom stereocenters. The Labute approximate surface area is 120 Å². The highest BCUT2D eigenvalue weighted by molar-refractivity contribution is 5.50. The molecule has 0 aliphatic carbocycles. The standard InChI is InChI=1S/C15H15F3N2O/c1-9(2)10-4-3-5-12(6-10)21-13-7-11(15(16,17)18)8-20-14(13)19/h3-9H,1-2H3,(H2,19,20). The Bertz CT molecular complexity index is 639. The van der Waals surface area contributed by atoms with Crippen LogP contribution in [0.15, 0.2) is 36.5 Å². The number of rotatable bonds is 3. The molecule has 0 spiro atoms. The predicted octanol–water partition coefficient (Wildman–Crippen LogP) is 4.60. The summed E-state index contributed by atoms with van der Waals surface area (Å²) in [5.74, 6) is 0.517. The van der Waals surface area contributed by atoms with Crippen molar-refractivity contribution in [3.63, 3.8) is 0 Å². The monoisotopic (exact) mass is 296 g/mol. The van der Waals surface area contributed by atoms with E-state index >= 15 is 0 Å². The van der Waals surface area contributed by atoms with Gasteiger partial charge in [-0.3, -0.25) is 0 Å². The van der Waals surface area contributed by atoms with E-state index in [0.717, 1.165) is 11.6 Å². The van der Waals surface area contributed by atoms with Crippen molar-refractivity contribution in [2.24, 2.45) is 0 Å². The summed E-state index contributed by atoms with van der Waals surface area (Å²) in [5.41, 5.74) is 5.70. The molecule has 21 heavy (non-hydrogen) atoms. The molecule has 1 heterocycles. The van der Waals surface area contributed by atoms with E-state index in [2.05, 4.69) is 4.98 Å². The second-order valence-corrected chi connectivity index (χ2v) is 4.93. The first-order valence-electron chi connectivity index (χ1n) is 6.38. The Morgan fingerprint density at radius 3 is 2.52 bits per heavy atom. The number of halogens is 3. The minimum atomic E-state index is -4.49. The van der Waals surface area contributed by atoms with Gasteiger partial charge in [0.15, 0.2) is 11.6 Å². The molecular weight excluding hydrogens is 281 g/mol. The van der Waals surface area contributed by atoms with Crippen molar-refractivity contribution in [2.45, 2.75) is 25.9 Å². The van der Waals surface area contributed by atoms with Gasteiger partial charge in [-0.1, -0.05) is 26.0 Å². The van der Waals surface area contributed by atoms with Gasteiger partial charge in [0.05, 0.1) is 5.56 Å². The van der Waals surface area contributed by atoms with Crippen molar-refractivity contribution >= 4 is 5.82 Å². The topological polar surface area (TPSA) is 48.1 Å². The van der Waals surface area contributed by atoms with Crippen LogP contribution >= 0.6 is 0 Å². The van der Waals surface area contributed by atoms with Crippen LogP contribution in [0.1, 0.15) is 30.9 Å². The molecule has 0 radical (unpaired) electrons. The first-order valence-corrected chi connectivity index (χ1v) is 6.38. The summed E-state index contributed by atoms with van der Waals surface area (Å²) >= 11 is 0. The summed E-state index contributed by atoms with van der Waals surface area (Å²) in [5, 5.41) is 0. The van der Waals surface area contributed by atoms with Gasteiger partial charge in [-0.25, -0.2) is 4.98 Å². The van der Waals surface area contributed by atoms with Crippen LogP contribution in [0.4, 0.5) is 19.0 Å². The van der Waals surface area contributed by atoms with Crippen LogP contribution in [-0.2, 0) is 6.18 Å². The first-order chi connectivity index (χ1) is 9.77. The zero-order chi connectivity index (χ0) is 15.6. The van der Waals surface area contributed by atoms with Crippen molar-refractivity contribution < 1.29 is 17.9 Å². The van der Waals surface area contributed by atoms with Crippen LogP contribution in [0.25, 0.3) is 0 Å². The van der Waals surface area contributed by atoms with Gasteiger partial charge in [0.2, 0.25) is 0 Å². The van der Waals surface area contributed by atoms with Crippen LogP contribution in [0.3, 0.4) is 0 Å². The highest BCUT2D eigenvalue weighted by Gasteiger charge is 2.32. The number of anilines is 1. The molecule has 2 aromatic rings. The van der Waals surface area contributed by atoms with Crippen LogP contribution < -0.4 is 10.5 Å². The molecule has 0 bridgehead atoms. The van der Waals surface area contributed by atoms with Crippen LogP contribution in [0, 0.1) is 0 Å². The summed E-state index contributed by atoms with van der Waals surface area (Å²) < 4.78 is 43.5. The molecular formula is C15H15F3N2O. The van der Waals surface area contributed by atoms with Gasteiger partial charge >= 0.3 is 6.18 Å². The van der Waals surface area contributed by atoms with E-state index in [1.165, 1.54) is 0 Å². The van der Waals surface area contributed by atoms with E-state index < -0.39 is 11.7 Å². The number of nitrogens with zero attached hydrogens (tertiary/aromatic N) is 1. The van der Waals surface area contributed by atoms with E-state index in [9.17, 15) is 13.2 Å². The van der Waals surface area contributed by atoms with Gasteiger partial charge in [0, 0.05) is 6.20 Å². The Morgan fingerprint density at radius 1 is 1.19 bits per heavy atom. The zero-order valence-electron chi connectivity index (χ0n) is 11.6. The highest BCUT2D eigenvalue weighted by Crippen LogP contribution is 2.35. The summed E-state index contributed by atoms with van der Waals surface area (Å²) in [4.78, 5) is 3.53. The van der Waals surface area contributed by atoms with Crippen molar-refractivity contribution in [1.82, 2.24) is 4.98 Å². The van der Waals surface area contributed by atoms with E-state index in [0.29, 0.717) is 11.9 Å². The number of alkyl halides is 3. The number of hydrogen-bond acceptors (Lipinski definition) is 3. The molecule has 112 valence electrons. The van der Waals surface area contributed by atoms with Crippen molar-refractivity contribution in [1.29, 1.82) is 0 Å². The third-order valence-electron chi connectivity index (χ3n) is 2.96. The lowest BCUT2D eigenvalue weighted by molar-refractivity contribution is -0.137. The number of nitrogen functional groups attached to an aromatic ring is 1. The van der Waals surface area contributed by atoms with Gasteiger partial charge in [0.25, 0.3) is 0 Å². The summed E-state index contributed by atoms with van der Waals surface area (Å²) in [6, 6.07) is 7.98. The molecule has 0 unspecified atom stereocenters. The first kappa shape index (κ1) is 15.2. The average molecular weight is 296 g/mol. The van der Waals surface area contributed by atoms with E-state index in [1.54, 1.807) is 18.2 Å². The quantitative estimate of drug-likeness (QED) is 0.900. The normalized spacial score (nSPS) is 11.7. The van der Waals surface area contributed by atoms with E-state index in [4.69, 9.17) is 10.5 Å². The third kappa shape index (κ3) is 3.65. The fourth-order valence-electron chi connectivity index (χ4n) is 1.76. The molecule has 1 aromatic heterocycles. The number of benzene rings is 1. The average Bonchev–Trinajstić information content (AvgIpc) is 2.40. The van der Waals surface area contributed by atoms with Crippen LogP contribution in [-0.4, -0.2) is 4.98 Å². The van der Waals surface area contributed by atoms with Crippen molar-refractivity contribution in [3.05, 3.63) is 47.7 Å². The van der Waals surface area contributed by atoms with Gasteiger partial charge in [-0.2, -0.15) is 13.2 Å². The van der Waals surface area contributed by atoms with Crippen LogP contribution in [0.2, 0.25) is 0 Å². The minimum absolute atomic E-state index is 0.0852. The lowest BCUT2D eigenvalue weighted by atomic mass is 10.0. The fourth-order valence-corrected chi connectivity index (χ4v) is 1.76. The molecule has 6 heteroatoms. The molecule has 2 N–H and O–H groups in total. The molecule has 0 saturated heterocycles. The number of hydrogen-bond donors (Lipinski definition) is 1. The third-order valence-corrected chi connectivity index (χ3v) is 2.96. The largest absolute Gasteiger partial charge is 0.453 e.